The fraction of sp³-hybridized carbons (Fsp3) is 0.583. The molecular formula is C12H17N5O2S. The van der Waals surface area contributed by atoms with Gasteiger partial charge in [-0.2, -0.15) is 0 Å². The molecule has 20 heavy (non-hydrogen) atoms. The summed E-state index contributed by atoms with van der Waals surface area (Å²) in [4.78, 5) is 31.8. The van der Waals surface area contributed by atoms with Crippen molar-refractivity contribution in [3.05, 3.63) is 16.1 Å². The largest absolute Gasteiger partial charge is 0.336 e. The second-order valence-corrected chi connectivity index (χ2v) is 6.03. The van der Waals surface area contributed by atoms with Gasteiger partial charge in [-0.15, -0.1) is 11.3 Å². The Hall–Kier alpha value is -1.67. The Balaban J connectivity index is 1.70. The average molecular weight is 295 g/mol. The number of hydrogen-bond donors (Lipinski definition) is 2. The van der Waals surface area contributed by atoms with Crippen molar-refractivity contribution in [3.63, 3.8) is 0 Å². The number of urea groups is 1. The first-order valence-corrected chi connectivity index (χ1v) is 7.49. The van der Waals surface area contributed by atoms with Crippen LogP contribution in [-0.4, -0.2) is 58.9 Å². The summed E-state index contributed by atoms with van der Waals surface area (Å²) >= 11 is 1.41. The minimum atomic E-state index is -0.157. The summed E-state index contributed by atoms with van der Waals surface area (Å²) < 4.78 is 0. The fourth-order valence-corrected chi connectivity index (χ4v) is 3.30. The summed E-state index contributed by atoms with van der Waals surface area (Å²) in [6, 6.07) is -0.114. The lowest BCUT2D eigenvalue weighted by Gasteiger charge is -2.36. The molecule has 0 aliphatic carbocycles. The van der Waals surface area contributed by atoms with Gasteiger partial charge in [-0.3, -0.25) is 4.79 Å². The van der Waals surface area contributed by atoms with E-state index in [1.54, 1.807) is 15.2 Å². The molecule has 3 amide bonds. The van der Waals surface area contributed by atoms with Crippen molar-refractivity contribution in [2.24, 2.45) is 5.73 Å². The second kappa shape index (κ2) is 5.02. The molecule has 2 aliphatic rings. The van der Waals surface area contributed by atoms with Crippen LogP contribution in [0.25, 0.3) is 0 Å². The van der Waals surface area contributed by atoms with Gasteiger partial charge in [-0.05, 0) is 6.92 Å². The van der Waals surface area contributed by atoms with Crippen LogP contribution < -0.4 is 11.1 Å². The average Bonchev–Trinajstić information content (AvgIpc) is 3.05. The van der Waals surface area contributed by atoms with E-state index in [1.165, 1.54) is 11.3 Å². The number of aromatic nitrogens is 1. The predicted octanol–water partition coefficient (Wildman–Crippen LogP) is 0.0124. The summed E-state index contributed by atoms with van der Waals surface area (Å²) in [7, 11) is 0. The second-order valence-electron chi connectivity index (χ2n) is 5.14. The van der Waals surface area contributed by atoms with Crippen LogP contribution in [0.4, 0.5) is 4.79 Å². The van der Waals surface area contributed by atoms with Crippen LogP contribution in [0.1, 0.15) is 28.5 Å². The Bertz CT molecular complexity index is 544. The van der Waals surface area contributed by atoms with E-state index in [9.17, 15) is 9.59 Å². The Morgan fingerprint density at radius 3 is 3.10 bits per heavy atom. The third-order valence-electron chi connectivity index (χ3n) is 3.65. The fourth-order valence-electron chi connectivity index (χ4n) is 2.55. The zero-order valence-electron chi connectivity index (χ0n) is 11.2. The van der Waals surface area contributed by atoms with Gasteiger partial charge in [0, 0.05) is 31.6 Å². The first-order chi connectivity index (χ1) is 9.56. The highest BCUT2D eigenvalue weighted by atomic mass is 32.1. The lowest BCUT2D eigenvalue weighted by Crippen LogP contribution is -2.53. The molecule has 8 heteroatoms. The molecule has 2 saturated heterocycles. The van der Waals surface area contributed by atoms with Crippen molar-refractivity contribution < 1.29 is 9.59 Å². The van der Waals surface area contributed by atoms with Crippen LogP contribution in [-0.2, 0) is 0 Å². The number of amides is 3. The number of nitrogens with two attached hydrogens (primary N) is 1. The molecular weight excluding hydrogens is 278 g/mol. The quantitative estimate of drug-likeness (QED) is 0.804. The van der Waals surface area contributed by atoms with E-state index in [0.717, 1.165) is 5.01 Å². The van der Waals surface area contributed by atoms with Crippen LogP contribution in [0.5, 0.6) is 0 Å². The standard InChI is InChI=1S/C12H17N5O2S/c1-7(13)10-15-9(6-20-10)11(18)16-2-3-17-8(5-16)4-14-12(17)19/h6-8H,2-5,13H2,1H3,(H,14,19). The van der Waals surface area contributed by atoms with E-state index < -0.39 is 0 Å². The topological polar surface area (TPSA) is 91.6 Å². The number of carbonyl (C=O) groups excluding carboxylic acids is 2. The summed E-state index contributed by atoms with van der Waals surface area (Å²) in [6.07, 6.45) is 0. The number of fused-ring (bicyclic) bond motifs is 1. The molecule has 0 bridgehead atoms. The molecule has 2 aliphatic heterocycles. The van der Waals surface area contributed by atoms with Crippen LogP contribution in [0.15, 0.2) is 5.38 Å². The van der Waals surface area contributed by atoms with Gasteiger partial charge >= 0.3 is 6.03 Å². The molecule has 3 N–H and O–H groups in total. The summed E-state index contributed by atoms with van der Waals surface area (Å²) in [6.45, 7) is 4.13. The van der Waals surface area contributed by atoms with E-state index in [-0.39, 0.29) is 24.0 Å². The maximum atomic E-state index is 12.4. The Kier molecular flexibility index (Phi) is 3.35. The molecule has 1 aromatic rings. The number of nitrogens with one attached hydrogen (secondary N) is 1. The van der Waals surface area contributed by atoms with Gasteiger partial charge in [0.1, 0.15) is 10.7 Å². The van der Waals surface area contributed by atoms with Crippen molar-refractivity contribution in [2.45, 2.75) is 19.0 Å². The summed E-state index contributed by atoms with van der Waals surface area (Å²) in [5.74, 6) is -0.0767. The number of rotatable bonds is 2. The number of hydrogen-bond acceptors (Lipinski definition) is 5. The SMILES string of the molecule is CC(N)c1nc(C(=O)N2CCN3C(=O)NCC3C2)cs1. The van der Waals surface area contributed by atoms with Crippen LogP contribution >= 0.6 is 11.3 Å². The smallest absolute Gasteiger partial charge is 0.317 e. The minimum Gasteiger partial charge on any atom is -0.336 e. The monoisotopic (exact) mass is 295 g/mol. The maximum Gasteiger partial charge on any atom is 0.317 e. The van der Waals surface area contributed by atoms with E-state index >= 15 is 0 Å². The Morgan fingerprint density at radius 1 is 1.60 bits per heavy atom. The third kappa shape index (κ3) is 2.25. The molecule has 2 unspecified atom stereocenters. The molecule has 2 atom stereocenters. The molecule has 0 saturated carbocycles. The van der Waals surface area contributed by atoms with Crippen molar-refractivity contribution >= 4 is 23.3 Å². The molecule has 3 heterocycles. The summed E-state index contributed by atoms with van der Waals surface area (Å²) in [5.41, 5.74) is 6.21. The highest BCUT2D eigenvalue weighted by molar-refractivity contribution is 7.09. The van der Waals surface area contributed by atoms with Crippen LogP contribution in [0.2, 0.25) is 0 Å². The maximum absolute atomic E-state index is 12.4. The van der Waals surface area contributed by atoms with Gasteiger partial charge in [0.05, 0.1) is 12.1 Å². The highest BCUT2D eigenvalue weighted by Gasteiger charge is 2.37. The zero-order chi connectivity index (χ0) is 14.3. The molecule has 3 rings (SSSR count). The highest BCUT2D eigenvalue weighted by Crippen LogP contribution is 2.20. The first-order valence-electron chi connectivity index (χ1n) is 6.61. The lowest BCUT2D eigenvalue weighted by molar-refractivity contribution is 0.0612. The van der Waals surface area contributed by atoms with Crippen molar-refractivity contribution in [3.8, 4) is 0 Å². The van der Waals surface area contributed by atoms with E-state index in [4.69, 9.17) is 5.73 Å². The normalized spacial score (nSPS) is 23.5. The van der Waals surface area contributed by atoms with Crippen molar-refractivity contribution in [1.82, 2.24) is 20.1 Å². The van der Waals surface area contributed by atoms with Gasteiger partial charge < -0.3 is 20.9 Å². The van der Waals surface area contributed by atoms with Gasteiger partial charge in [-0.25, -0.2) is 9.78 Å². The van der Waals surface area contributed by atoms with Crippen LogP contribution in [0, 0.1) is 0 Å². The molecule has 108 valence electrons. The third-order valence-corrected chi connectivity index (χ3v) is 4.70. The Morgan fingerprint density at radius 2 is 2.40 bits per heavy atom. The molecule has 0 spiro atoms. The van der Waals surface area contributed by atoms with Gasteiger partial charge in [0.2, 0.25) is 0 Å². The van der Waals surface area contributed by atoms with E-state index in [0.29, 0.717) is 31.9 Å². The van der Waals surface area contributed by atoms with E-state index in [1.807, 2.05) is 6.92 Å². The van der Waals surface area contributed by atoms with Gasteiger partial charge in [0.25, 0.3) is 5.91 Å². The minimum absolute atomic E-state index is 0.0324. The van der Waals surface area contributed by atoms with Crippen LogP contribution in [0.3, 0.4) is 0 Å². The molecule has 7 nitrogen and oxygen atoms in total. The first kappa shape index (κ1) is 13.3. The summed E-state index contributed by atoms with van der Waals surface area (Å²) in [5, 5.41) is 5.32. The lowest BCUT2D eigenvalue weighted by atomic mass is 10.2. The number of thiazole rings is 1. The number of nitrogens with zero attached hydrogens (tertiary/aromatic N) is 3. The number of carbonyl (C=O) groups is 2. The van der Waals surface area contributed by atoms with Gasteiger partial charge in [0.15, 0.2) is 0 Å². The van der Waals surface area contributed by atoms with Crippen molar-refractivity contribution in [1.29, 1.82) is 0 Å². The molecule has 1 aromatic heterocycles. The molecule has 0 aromatic carbocycles. The number of piperazine rings is 1. The van der Waals surface area contributed by atoms with Gasteiger partial charge in [-0.1, -0.05) is 0 Å². The molecule has 2 fully saturated rings. The Labute approximate surface area is 120 Å². The van der Waals surface area contributed by atoms with E-state index in [2.05, 4.69) is 10.3 Å². The van der Waals surface area contributed by atoms with Crippen molar-refractivity contribution in [2.75, 3.05) is 26.2 Å². The molecule has 0 radical (unpaired) electrons. The predicted molar refractivity (Wildman–Crippen MR) is 74.5 cm³/mol. The zero-order valence-corrected chi connectivity index (χ0v) is 12.0.